The standard InChI is InChI=1S/C14H21NO3/c1-10-5-3-2-4-6-12(10)15-9-13-11(14(16)17)7-8-18-13/h7-8,10,12,15H,2-6,9H2,1H3,(H,16,17). The van der Waals surface area contributed by atoms with E-state index >= 15 is 0 Å². The summed E-state index contributed by atoms with van der Waals surface area (Å²) in [5.41, 5.74) is 0.267. The molecule has 0 aliphatic heterocycles. The lowest BCUT2D eigenvalue weighted by Gasteiger charge is -2.22. The number of hydrogen-bond donors (Lipinski definition) is 2. The number of hydrogen-bond acceptors (Lipinski definition) is 3. The lowest BCUT2D eigenvalue weighted by Crippen LogP contribution is -2.34. The first-order valence-electron chi connectivity index (χ1n) is 6.71. The van der Waals surface area contributed by atoms with Crippen molar-refractivity contribution >= 4 is 5.97 Å². The smallest absolute Gasteiger partial charge is 0.339 e. The molecule has 0 spiro atoms. The molecule has 2 unspecified atom stereocenters. The Labute approximate surface area is 107 Å². The quantitative estimate of drug-likeness (QED) is 0.807. The molecule has 1 fully saturated rings. The van der Waals surface area contributed by atoms with Crippen LogP contribution in [0.5, 0.6) is 0 Å². The van der Waals surface area contributed by atoms with Crippen LogP contribution in [0.25, 0.3) is 0 Å². The van der Waals surface area contributed by atoms with Gasteiger partial charge in [-0.2, -0.15) is 0 Å². The average molecular weight is 251 g/mol. The molecule has 2 N–H and O–H groups in total. The van der Waals surface area contributed by atoms with E-state index in [0.29, 0.717) is 24.3 Å². The molecule has 0 radical (unpaired) electrons. The van der Waals surface area contributed by atoms with Crippen molar-refractivity contribution in [2.24, 2.45) is 5.92 Å². The van der Waals surface area contributed by atoms with Gasteiger partial charge in [-0.3, -0.25) is 0 Å². The Morgan fingerprint density at radius 2 is 2.22 bits per heavy atom. The molecule has 1 aromatic heterocycles. The third-order valence-electron chi connectivity index (χ3n) is 3.86. The molecular formula is C14H21NO3. The van der Waals surface area contributed by atoms with Crippen molar-refractivity contribution in [1.82, 2.24) is 5.32 Å². The highest BCUT2D eigenvalue weighted by Crippen LogP contribution is 2.23. The monoisotopic (exact) mass is 251 g/mol. The van der Waals surface area contributed by atoms with Crippen molar-refractivity contribution in [3.63, 3.8) is 0 Å². The van der Waals surface area contributed by atoms with Gasteiger partial charge in [0.15, 0.2) is 0 Å². The minimum Gasteiger partial charge on any atom is -0.478 e. The van der Waals surface area contributed by atoms with Crippen LogP contribution in [0.1, 0.15) is 55.1 Å². The number of furan rings is 1. The predicted octanol–water partition coefficient (Wildman–Crippen LogP) is 3.04. The lowest BCUT2D eigenvalue weighted by molar-refractivity contribution is 0.0694. The van der Waals surface area contributed by atoms with Gasteiger partial charge in [-0.25, -0.2) is 4.79 Å². The summed E-state index contributed by atoms with van der Waals surface area (Å²) < 4.78 is 5.24. The summed E-state index contributed by atoms with van der Waals surface area (Å²) in [6.45, 7) is 2.77. The minimum atomic E-state index is -0.922. The highest BCUT2D eigenvalue weighted by molar-refractivity contribution is 5.88. The van der Waals surface area contributed by atoms with Crippen molar-refractivity contribution in [1.29, 1.82) is 0 Å². The molecule has 4 nitrogen and oxygen atoms in total. The Morgan fingerprint density at radius 3 is 3.00 bits per heavy atom. The molecule has 1 saturated carbocycles. The zero-order chi connectivity index (χ0) is 13.0. The summed E-state index contributed by atoms with van der Waals surface area (Å²) in [5.74, 6) is 0.254. The molecule has 18 heavy (non-hydrogen) atoms. The van der Waals surface area contributed by atoms with Crippen LogP contribution < -0.4 is 5.32 Å². The summed E-state index contributed by atoms with van der Waals surface area (Å²) in [6, 6.07) is 1.98. The summed E-state index contributed by atoms with van der Waals surface area (Å²) >= 11 is 0. The van der Waals surface area contributed by atoms with E-state index in [-0.39, 0.29) is 5.56 Å². The SMILES string of the molecule is CC1CCCCCC1NCc1occc1C(=O)O. The van der Waals surface area contributed by atoms with Crippen LogP contribution in [0.4, 0.5) is 0 Å². The number of carboxylic acid groups (broad SMARTS) is 1. The van der Waals surface area contributed by atoms with Gasteiger partial charge < -0.3 is 14.8 Å². The predicted molar refractivity (Wildman–Crippen MR) is 68.5 cm³/mol. The molecule has 2 atom stereocenters. The molecule has 1 aromatic rings. The fourth-order valence-corrected chi connectivity index (χ4v) is 2.69. The molecule has 4 heteroatoms. The summed E-state index contributed by atoms with van der Waals surface area (Å²) in [5, 5.41) is 12.5. The Morgan fingerprint density at radius 1 is 1.44 bits per heavy atom. The molecule has 0 aromatic carbocycles. The van der Waals surface area contributed by atoms with Gasteiger partial charge >= 0.3 is 5.97 Å². The minimum absolute atomic E-state index is 0.267. The maximum Gasteiger partial charge on any atom is 0.339 e. The second-order valence-electron chi connectivity index (χ2n) is 5.17. The molecule has 0 saturated heterocycles. The van der Waals surface area contributed by atoms with Gasteiger partial charge in [-0.15, -0.1) is 0 Å². The molecule has 0 amide bonds. The van der Waals surface area contributed by atoms with E-state index in [9.17, 15) is 4.79 Å². The average Bonchev–Trinajstić information content (AvgIpc) is 2.71. The van der Waals surface area contributed by atoms with Crippen LogP contribution >= 0.6 is 0 Å². The summed E-state index contributed by atoms with van der Waals surface area (Å²) in [6.07, 6.45) is 7.74. The van der Waals surface area contributed by atoms with E-state index in [1.165, 1.54) is 44.4 Å². The summed E-state index contributed by atoms with van der Waals surface area (Å²) in [4.78, 5) is 11.0. The number of rotatable bonds is 4. The normalized spacial score (nSPS) is 24.7. The van der Waals surface area contributed by atoms with E-state index in [1.807, 2.05) is 0 Å². The van der Waals surface area contributed by atoms with Gasteiger partial charge in [0.2, 0.25) is 0 Å². The van der Waals surface area contributed by atoms with Crippen molar-refractivity contribution < 1.29 is 14.3 Å². The van der Waals surface area contributed by atoms with Crippen molar-refractivity contribution in [3.8, 4) is 0 Å². The lowest BCUT2D eigenvalue weighted by atomic mass is 9.97. The molecular weight excluding hydrogens is 230 g/mol. The van der Waals surface area contributed by atoms with Gasteiger partial charge in [-0.1, -0.05) is 26.2 Å². The highest BCUT2D eigenvalue weighted by Gasteiger charge is 2.21. The van der Waals surface area contributed by atoms with Crippen molar-refractivity contribution in [3.05, 3.63) is 23.7 Å². The maximum atomic E-state index is 11.0. The van der Waals surface area contributed by atoms with Gasteiger partial charge in [0.05, 0.1) is 12.8 Å². The first-order chi connectivity index (χ1) is 8.68. The van der Waals surface area contributed by atoms with Crippen LogP contribution in [-0.2, 0) is 6.54 Å². The molecule has 0 bridgehead atoms. The number of aromatic carboxylic acids is 1. The summed E-state index contributed by atoms with van der Waals surface area (Å²) in [7, 11) is 0. The second kappa shape index (κ2) is 6.05. The highest BCUT2D eigenvalue weighted by atomic mass is 16.4. The zero-order valence-corrected chi connectivity index (χ0v) is 10.8. The van der Waals surface area contributed by atoms with Gasteiger partial charge in [0, 0.05) is 6.04 Å². The van der Waals surface area contributed by atoms with Crippen LogP contribution in [0.3, 0.4) is 0 Å². The largest absolute Gasteiger partial charge is 0.478 e. The fraction of sp³-hybridized carbons (Fsp3) is 0.643. The Hall–Kier alpha value is -1.29. The van der Waals surface area contributed by atoms with Crippen LogP contribution in [0, 0.1) is 5.92 Å². The Balaban J connectivity index is 1.93. The molecule has 1 heterocycles. The van der Waals surface area contributed by atoms with Gasteiger partial charge in [0.25, 0.3) is 0 Å². The fourth-order valence-electron chi connectivity index (χ4n) is 2.69. The first kappa shape index (κ1) is 13.1. The second-order valence-corrected chi connectivity index (χ2v) is 5.17. The van der Waals surface area contributed by atoms with Crippen LogP contribution in [0.15, 0.2) is 16.7 Å². The third kappa shape index (κ3) is 3.13. The van der Waals surface area contributed by atoms with E-state index in [2.05, 4.69) is 12.2 Å². The topological polar surface area (TPSA) is 62.5 Å². The third-order valence-corrected chi connectivity index (χ3v) is 3.86. The number of carboxylic acids is 1. The van der Waals surface area contributed by atoms with Crippen molar-refractivity contribution in [2.75, 3.05) is 0 Å². The molecule has 100 valence electrons. The Bertz CT molecular complexity index is 399. The Kier molecular flexibility index (Phi) is 4.42. The van der Waals surface area contributed by atoms with E-state index < -0.39 is 5.97 Å². The zero-order valence-electron chi connectivity index (χ0n) is 10.8. The number of nitrogens with one attached hydrogen (secondary N) is 1. The number of carbonyl (C=O) groups is 1. The van der Waals surface area contributed by atoms with Gasteiger partial charge in [0.1, 0.15) is 11.3 Å². The van der Waals surface area contributed by atoms with E-state index in [0.717, 1.165) is 0 Å². The van der Waals surface area contributed by atoms with E-state index in [4.69, 9.17) is 9.52 Å². The first-order valence-corrected chi connectivity index (χ1v) is 6.71. The van der Waals surface area contributed by atoms with Crippen LogP contribution in [0.2, 0.25) is 0 Å². The molecule has 1 aliphatic carbocycles. The van der Waals surface area contributed by atoms with Crippen molar-refractivity contribution in [2.45, 2.75) is 51.6 Å². The molecule has 1 aliphatic rings. The van der Waals surface area contributed by atoms with Crippen LogP contribution in [-0.4, -0.2) is 17.1 Å². The maximum absolute atomic E-state index is 11.0. The van der Waals surface area contributed by atoms with Gasteiger partial charge in [-0.05, 0) is 24.8 Å². The van der Waals surface area contributed by atoms with E-state index in [1.54, 1.807) is 0 Å². The molecule has 2 rings (SSSR count).